The molecule has 0 fully saturated rings. The third-order valence-corrected chi connectivity index (χ3v) is 3.95. The van der Waals surface area contributed by atoms with Gasteiger partial charge in [-0.1, -0.05) is 34.8 Å². The van der Waals surface area contributed by atoms with Crippen molar-refractivity contribution in [2.45, 2.75) is 13.0 Å². The average molecular weight is 419 g/mol. The number of ether oxygens (including phenoxy) is 1. The van der Waals surface area contributed by atoms with Gasteiger partial charge in [0.15, 0.2) is 11.2 Å². The summed E-state index contributed by atoms with van der Waals surface area (Å²) in [5.74, 6) is -0.0677. The molecule has 0 spiro atoms. The number of nitrogens with one attached hydrogen (secondary N) is 3. The van der Waals surface area contributed by atoms with Crippen molar-refractivity contribution in [3.63, 3.8) is 0 Å². The fourth-order valence-corrected chi connectivity index (χ4v) is 2.48. The highest BCUT2D eigenvalue weighted by molar-refractivity contribution is 7.80. The maximum atomic E-state index is 12.1. The largest absolute Gasteiger partial charge is 0.479 e. The molecule has 0 aliphatic carbocycles. The van der Waals surface area contributed by atoms with Gasteiger partial charge in [-0.05, 0) is 61.6 Å². The molecule has 0 aliphatic heterocycles. The van der Waals surface area contributed by atoms with Crippen LogP contribution in [-0.4, -0.2) is 17.1 Å². The second-order valence-electron chi connectivity index (χ2n) is 4.91. The van der Waals surface area contributed by atoms with Gasteiger partial charge in [0.1, 0.15) is 5.75 Å². The van der Waals surface area contributed by atoms with Crippen LogP contribution in [0.1, 0.15) is 6.92 Å². The maximum absolute atomic E-state index is 12.1. The van der Waals surface area contributed by atoms with E-state index in [2.05, 4.69) is 16.2 Å². The average Bonchev–Trinajstić information content (AvgIpc) is 2.57. The number of hydrogen-bond donors (Lipinski definition) is 3. The summed E-state index contributed by atoms with van der Waals surface area (Å²) in [4.78, 5) is 12.1. The second kappa shape index (κ2) is 9.10. The van der Waals surface area contributed by atoms with Gasteiger partial charge < -0.3 is 10.1 Å². The molecule has 2 rings (SSSR count). The highest BCUT2D eigenvalue weighted by atomic mass is 35.5. The van der Waals surface area contributed by atoms with Crippen molar-refractivity contribution < 1.29 is 9.53 Å². The van der Waals surface area contributed by atoms with E-state index in [4.69, 9.17) is 51.8 Å². The summed E-state index contributed by atoms with van der Waals surface area (Å²) >= 11 is 22.7. The molecule has 0 aromatic heterocycles. The van der Waals surface area contributed by atoms with Gasteiger partial charge in [-0.3, -0.25) is 15.6 Å². The fraction of sp³-hybridized carbons (Fsp3) is 0.125. The van der Waals surface area contributed by atoms with Gasteiger partial charge in [0.2, 0.25) is 0 Å². The second-order valence-corrected chi connectivity index (χ2v) is 6.60. The normalized spacial score (nSPS) is 11.4. The zero-order valence-corrected chi connectivity index (χ0v) is 16.1. The van der Waals surface area contributed by atoms with Gasteiger partial charge >= 0.3 is 0 Å². The monoisotopic (exact) mass is 417 g/mol. The summed E-state index contributed by atoms with van der Waals surface area (Å²) in [6, 6.07) is 11.7. The predicted molar refractivity (Wildman–Crippen MR) is 106 cm³/mol. The Labute approximate surface area is 165 Å². The minimum atomic E-state index is -0.801. The van der Waals surface area contributed by atoms with Crippen molar-refractivity contribution in [3.8, 4) is 5.75 Å². The van der Waals surface area contributed by atoms with Crippen LogP contribution in [0.3, 0.4) is 0 Å². The number of rotatable bonds is 4. The molecule has 0 saturated carbocycles. The minimum Gasteiger partial charge on any atom is -0.479 e. The highest BCUT2D eigenvalue weighted by Gasteiger charge is 2.16. The van der Waals surface area contributed by atoms with Crippen molar-refractivity contribution in [2.75, 3.05) is 5.32 Å². The standard InChI is InChI=1S/C16H14Cl3N3O2S/c1-9(24-14-7-4-11(18)8-13(14)19)15(23)21-22-16(25)20-12-5-2-10(17)3-6-12/h2-9H,1H3,(H,21,23)(H2,20,22,25)/t9-/m1/s1. The quantitative estimate of drug-likeness (QED) is 0.506. The Morgan fingerprint density at radius 2 is 1.68 bits per heavy atom. The smallest absolute Gasteiger partial charge is 0.279 e. The van der Waals surface area contributed by atoms with E-state index in [1.807, 2.05) is 0 Å². The van der Waals surface area contributed by atoms with Crippen LogP contribution in [0.4, 0.5) is 5.69 Å². The lowest BCUT2D eigenvalue weighted by molar-refractivity contribution is -0.127. The molecule has 5 nitrogen and oxygen atoms in total. The van der Waals surface area contributed by atoms with E-state index in [1.165, 1.54) is 6.07 Å². The Hall–Kier alpha value is -1.73. The van der Waals surface area contributed by atoms with E-state index < -0.39 is 12.0 Å². The first-order valence-corrected chi connectivity index (χ1v) is 8.63. The molecule has 1 atom stereocenters. The molecule has 2 aromatic carbocycles. The number of halogens is 3. The van der Waals surface area contributed by atoms with E-state index in [1.54, 1.807) is 43.3 Å². The first-order valence-electron chi connectivity index (χ1n) is 7.09. The maximum Gasteiger partial charge on any atom is 0.279 e. The molecule has 0 bridgehead atoms. The van der Waals surface area contributed by atoms with Crippen molar-refractivity contribution in [1.82, 2.24) is 10.9 Å². The summed E-state index contributed by atoms with van der Waals surface area (Å²) in [5, 5.41) is 4.53. The molecule has 1 amide bonds. The third-order valence-electron chi connectivity index (χ3n) is 2.97. The van der Waals surface area contributed by atoms with Crippen molar-refractivity contribution in [2.24, 2.45) is 0 Å². The van der Waals surface area contributed by atoms with Crippen LogP contribution in [0.25, 0.3) is 0 Å². The summed E-state index contributed by atoms with van der Waals surface area (Å²) in [5.41, 5.74) is 5.77. The van der Waals surface area contributed by atoms with Crippen molar-refractivity contribution in [1.29, 1.82) is 0 Å². The number of hydrogen-bond acceptors (Lipinski definition) is 3. The Bertz CT molecular complexity index is 772. The number of hydrazine groups is 1. The Balaban J connectivity index is 1.82. The van der Waals surface area contributed by atoms with Crippen molar-refractivity contribution in [3.05, 3.63) is 57.5 Å². The lowest BCUT2D eigenvalue weighted by atomic mass is 10.3. The van der Waals surface area contributed by atoms with Crippen LogP contribution < -0.4 is 20.9 Å². The molecule has 0 unspecified atom stereocenters. The molecule has 3 N–H and O–H groups in total. The molecule has 0 radical (unpaired) electrons. The van der Waals surface area contributed by atoms with Gasteiger partial charge in [0, 0.05) is 15.7 Å². The van der Waals surface area contributed by atoms with Gasteiger partial charge in [0.05, 0.1) is 5.02 Å². The van der Waals surface area contributed by atoms with E-state index in [9.17, 15) is 4.79 Å². The van der Waals surface area contributed by atoms with Gasteiger partial charge in [0.25, 0.3) is 5.91 Å². The van der Waals surface area contributed by atoms with E-state index in [0.29, 0.717) is 20.8 Å². The molecule has 2 aromatic rings. The van der Waals surface area contributed by atoms with Crippen LogP contribution >= 0.6 is 47.0 Å². The number of benzene rings is 2. The molecule has 0 aliphatic rings. The number of carbonyl (C=O) groups is 1. The van der Waals surface area contributed by atoms with Crippen LogP contribution in [-0.2, 0) is 4.79 Å². The topological polar surface area (TPSA) is 62.4 Å². The van der Waals surface area contributed by atoms with Crippen LogP contribution in [0, 0.1) is 0 Å². The van der Waals surface area contributed by atoms with Gasteiger partial charge in [-0.25, -0.2) is 0 Å². The van der Waals surface area contributed by atoms with E-state index in [0.717, 1.165) is 5.69 Å². The van der Waals surface area contributed by atoms with E-state index >= 15 is 0 Å². The Morgan fingerprint density at radius 3 is 2.32 bits per heavy atom. The Kier molecular flexibility index (Phi) is 7.13. The predicted octanol–water partition coefficient (Wildman–Crippen LogP) is 4.43. The summed E-state index contributed by atoms with van der Waals surface area (Å²) in [6.45, 7) is 1.58. The lowest BCUT2D eigenvalue weighted by Gasteiger charge is -2.17. The number of thiocarbonyl (C=S) groups is 1. The summed E-state index contributed by atoms with van der Waals surface area (Å²) < 4.78 is 5.50. The molecule has 0 saturated heterocycles. The van der Waals surface area contributed by atoms with Crippen LogP contribution in [0.2, 0.25) is 15.1 Å². The molecule has 132 valence electrons. The molecular weight excluding hydrogens is 405 g/mol. The number of amides is 1. The lowest BCUT2D eigenvalue weighted by Crippen LogP contribution is -2.48. The zero-order chi connectivity index (χ0) is 18.4. The third kappa shape index (κ3) is 6.25. The Morgan fingerprint density at radius 1 is 1.04 bits per heavy atom. The van der Waals surface area contributed by atoms with E-state index in [-0.39, 0.29) is 5.11 Å². The first kappa shape index (κ1) is 19.6. The minimum absolute atomic E-state index is 0.215. The fourth-order valence-electron chi connectivity index (χ4n) is 1.73. The molecule has 25 heavy (non-hydrogen) atoms. The first-order chi connectivity index (χ1) is 11.8. The van der Waals surface area contributed by atoms with Gasteiger partial charge in [-0.15, -0.1) is 0 Å². The number of anilines is 1. The van der Waals surface area contributed by atoms with Crippen LogP contribution in [0.5, 0.6) is 5.75 Å². The summed E-state index contributed by atoms with van der Waals surface area (Å²) in [6.07, 6.45) is -0.801. The van der Waals surface area contributed by atoms with Crippen molar-refractivity contribution >= 4 is 63.7 Å². The molecule has 0 heterocycles. The molecule has 9 heteroatoms. The van der Waals surface area contributed by atoms with Gasteiger partial charge in [-0.2, -0.15) is 0 Å². The van der Waals surface area contributed by atoms with Crippen LogP contribution in [0.15, 0.2) is 42.5 Å². The summed E-state index contributed by atoms with van der Waals surface area (Å²) in [7, 11) is 0. The highest BCUT2D eigenvalue weighted by Crippen LogP contribution is 2.28. The number of carbonyl (C=O) groups excluding carboxylic acids is 1. The zero-order valence-electron chi connectivity index (χ0n) is 13.0. The SMILES string of the molecule is C[C@@H](Oc1ccc(Cl)cc1Cl)C(=O)NNC(=S)Nc1ccc(Cl)cc1. The molecular formula is C16H14Cl3N3O2S.